The predicted molar refractivity (Wildman–Crippen MR) is 161 cm³/mol. The van der Waals surface area contributed by atoms with Crippen LogP contribution in [0.25, 0.3) is 30.9 Å². The summed E-state index contributed by atoms with van der Waals surface area (Å²) in [7, 11) is 0. The van der Waals surface area contributed by atoms with Gasteiger partial charge in [0, 0.05) is 48.3 Å². The summed E-state index contributed by atoms with van der Waals surface area (Å²) in [5, 5.41) is 8.57. The van der Waals surface area contributed by atoms with E-state index in [1.165, 1.54) is 36.6 Å². The van der Waals surface area contributed by atoms with Crippen LogP contribution in [-0.4, -0.2) is 0 Å². The molecule has 1 heterocycles. The maximum atomic E-state index is 3.53. The summed E-state index contributed by atoms with van der Waals surface area (Å²) in [6, 6.07) is 49.6. The van der Waals surface area contributed by atoms with Crippen LogP contribution < -0.4 is 10.2 Å². The molecular formula is C34H24N2S. The maximum Gasteiger partial charge on any atom is 0.0540 e. The van der Waals surface area contributed by atoms with E-state index in [0.717, 1.165) is 22.7 Å². The fourth-order valence-electron chi connectivity index (χ4n) is 5.08. The first-order valence-corrected chi connectivity index (χ1v) is 13.3. The second-order valence-corrected chi connectivity index (χ2v) is 10.2. The second-order valence-electron chi connectivity index (χ2n) is 9.15. The van der Waals surface area contributed by atoms with Gasteiger partial charge in [0.2, 0.25) is 0 Å². The zero-order chi connectivity index (χ0) is 24.6. The third-order valence-corrected chi connectivity index (χ3v) is 7.93. The van der Waals surface area contributed by atoms with Crippen LogP contribution in [0.1, 0.15) is 0 Å². The van der Waals surface area contributed by atoms with Gasteiger partial charge in [-0.15, -0.1) is 11.3 Å². The highest BCUT2D eigenvalue weighted by Gasteiger charge is 2.16. The van der Waals surface area contributed by atoms with Gasteiger partial charge in [0.1, 0.15) is 0 Å². The summed E-state index contributed by atoms with van der Waals surface area (Å²) < 4.78 is 2.58. The Morgan fingerprint density at radius 2 is 1.22 bits per heavy atom. The molecule has 7 rings (SSSR count). The van der Waals surface area contributed by atoms with Crippen molar-refractivity contribution < 1.29 is 0 Å². The first kappa shape index (κ1) is 21.7. The van der Waals surface area contributed by atoms with Crippen molar-refractivity contribution in [3.8, 4) is 0 Å². The van der Waals surface area contributed by atoms with E-state index < -0.39 is 0 Å². The van der Waals surface area contributed by atoms with Crippen molar-refractivity contribution in [3.63, 3.8) is 0 Å². The van der Waals surface area contributed by atoms with Gasteiger partial charge >= 0.3 is 0 Å². The normalized spacial score (nSPS) is 11.2. The predicted octanol–water partition coefficient (Wildman–Crippen LogP) is 10.4. The number of nitrogens with zero attached hydrogens (tertiary/aromatic N) is 1. The third kappa shape index (κ3) is 4.00. The molecule has 1 N–H and O–H groups in total. The number of rotatable bonds is 5. The highest BCUT2D eigenvalue weighted by Crippen LogP contribution is 2.43. The number of anilines is 5. The first-order valence-electron chi connectivity index (χ1n) is 12.4. The van der Waals surface area contributed by atoms with Gasteiger partial charge in [0.05, 0.1) is 5.69 Å². The molecule has 3 heteroatoms. The minimum atomic E-state index is 1.10. The molecule has 0 fully saturated rings. The SMILES string of the molecule is c1ccc(Nc2ccc3c(c2)sc2ccc(N(c4ccccc4)c4cccc5ccccc45)cc23)cc1. The van der Waals surface area contributed by atoms with Crippen LogP contribution in [-0.2, 0) is 0 Å². The Labute approximate surface area is 220 Å². The minimum Gasteiger partial charge on any atom is -0.355 e. The summed E-state index contributed by atoms with van der Waals surface area (Å²) in [6.07, 6.45) is 0. The summed E-state index contributed by atoms with van der Waals surface area (Å²) in [5.74, 6) is 0. The number of para-hydroxylation sites is 2. The van der Waals surface area contributed by atoms with Crippen molar-refractivity contribution in [1.29, 1.82) is 0 Å². The lowest BCUT2D eigenvalue weighted by Gasteiger charge is -2.27. The largest absolute Gasteiger partial charge is 0.355 e. The Kier molecular flexibility index (Phi) is 5.34. The van der Waals surface area contributed by atoms with Gasteiger partial charge in [0.15, 0.2) is 0 Å². The molecule has 7 aromatic rings. The molecule has 6 aromatic carbocycles. The Morgan fingerprint density at radius 1 is 0.459 bits per heavy atom. The standard InChI is InChI=1S/C34H24N2S/c1-3-12-25(13-4-1)35-26-18-20-30-31-23-28(19-21-33(31)37-34(30)22-26)36(27-14-5-2-6-15-27)32-17-9-11-24-10-7-8-16-29(24)32/h1-23,35H. The maximum absolute atomic E-state index is 3.53. The van der Waals surface area contributed by atoms with E-state index in [9.17, 15) is 0 Å². The van der Waals surface area contributed by atoms with E-state index in [0.29, 0.717) is 0 Å². The van der Waals surface area contributed by atoms with Crippen molar-refractivity contribution in [3.05, 3.63) is 140 Å². The number of thiophene rings is 1. The fourth-order valence-corrected chi connectivity index (χ4v) is 6.20. The number of hydrogen-bond acceptors (Lipinski definition) is 3. The van der Waals surface area contributed by atoms with Crippen LogP contribution in [0, 0.1) is 0 Å². The minimum absolute atomic E-state index is 1.10. The van der Waals surface area contributed by atoms with Gasteiger partial charge < -0.3 is 10.2 Å². The third-order valence-electron chi connectivity index (χ3n) is 6.80. The smallest absolute Gasteiger partial charge is 0.0540 e. The van der Waals surface area contributed by atoms with Crippen LogP contribution in [0.3, 0.4) is 0 Å². The average molecular weight is 493 g/mol. The number of nitrogens with one attached hydrogen (secondary N) is 1. The molecule has 0 saturated carbocycles. The highest BCUT2D eigenvalue weighted by atomic mass is 32.1. The van der Waals surface area contributed by atoms with E-state index in [1.54, 1.807) is 0 Å². The van der Waals surface area contributed by atoms with Crippen molar-refractivity contribution >= 4 is 70.7 Å². The lowest BCUT2D eigenvalue weighted by atomic mass is 10.1. The highest BCUT2D eigenvalue weighted by molar-refractivity contribution is 7.25. The molecule has 0 saturated heterocycles. The Morgan fingerprint density at radius 3 is 2.08 bits per heavy atom. The lowest BCUT2D eigenvalue weighted by molar-refractivity contribution is 1.30. The summed E-state index contributed by atoms with van der Waals surface area (Å²) >= 11 is 1.84. The van der Waals surface area contributed by atoms with Crippen molar-refractivity contribution in [2.45, 2.75) is 0 Å². The Hall–Kier alpha value is -4.60. The molecule has 176 valence electrons. The Balaban J connectivity index is 1.37. The summed E-state index contributed by atoms with van der Waals surface area (Å²) in [5.41, 5.74) is 5.68. The molecule has 2 nitrogen and oxygen atoms in total. The van der Waals surface area contributed by atoms with Gasteiger partial charge in [-0.1, -0.05) is 78.9 Å². The average Bonchev–Trinajstić information content (AvgIpc) is 3.32. The fraction of sp³-hybridized carbons (Fsp3) is 0. The Bertz CT molecular complexity index is 1850. The van der Waals surface area contributed by atoms with Gasteiger partial charge in [0.25, 0.3) is 0 Å². The van der Waals surface area contributed by atoms with Crippen LogP contribution in [0.4, 0.5) is 28.4 Å². The quantitative estimate of drug-likeness (QED) is 0.257. The van der Waals surface area contributed by atoms with E-state index in [-0.39, 0.29) is 0 Å². The van der Waals surface area contributed by atoms with E-state index >= 15 is 0 Å². The number of fused-ring (bicyclic) bond motifs is 4. The van der Waals surface area contributed by atoms with E-state index in [1.807, 2.05) is 17.4 Å². The van der Waals surface area contributed by atoms with E-state index in [2.05, 4.69) is 144 Å². The molecule has 0 amide bonds. The van der Waals surface area contributed by atoms with Gasteiger partial charge in [-0.2, -0.15) is 0 Å². The molecule has 0 aliphatic heterocycles. The van der Waals surface area contributed by atoms with Crippen LogP contribution in [0.5, 0.6) is 0 Å². The summed E-state index contributed by atoms with van der Waals surface area (Å²) in [6.45, 7) is 0. The molecular weight excluding hydrogens is 468 g/mol. The van der Waals surface area contributed by atoms with Crippen molar-refractivity contribution in [1.82, 2.24) is 0 Å². The number of hydrogen-bond donors (Lipinski definition) is 1. The monoisotopic (exact) mass is 492 g/mol. The first-order chi connectivity index (χ1) is 18.3. The molecule has 0 unspecified atom stereocenters. The van der Waals surface area contributed by atoms with Crippen LogP contribution in [0.15, 0.2) is 140 Å². The topological polar surface area (TPSA) is 15.3 Å². The molecule has 0 radical (unpaired) electrons. The zero-order valence-corrected chi connectivity index (χ0v) is 21.0. The van der Waals surface area contributed by atoms with Crippen molar-refractivity contribution in [2.24, 2.45) is 0 Å². The molecule has 0 spiro atoms. The van der Waals surface area contributed by atoms with Crippen molar-refractivity contribution in [2.75, 3.05) is 10.2 Å². The molecule has 0 atom stereocenters. The van der Waals surface area contributed by atoms with Gasteiger partial charge in [-0.05, 0) is 66.0 Å². The molecule has 37 heavy (non-hydrogen) atoms. The van der Waals surface area contributed by atoms with E-state index in [4.69, 9.17) is 0 Å². The molecule has 0 bridgehead atoms. The lowest BCUT2D eigenvalue weighted by Crippen LogP contribution is -2.10. The van der Waals surface area contributed by atoms with Gasteiger partial charge in [-0.3, -0.25) is 0 Å². The molecule has 0 aliphatic carbocycles. The summed E-state index contributed by atoms with van der Waals surface area (Å²) in [4.78, 5) is 2.37. The second kappa shape index (κ2) is 9.12. The molecule has 0 aliphatic rings. The molecule has 1 aromatic heterocycles. The zero-order valence-electron chi connectivity index (χ0n) is 20.1. The van der Waals surface area contributed by atoms with Crippen LogP contribution >= 0.6 is 11.3 Å². The van der Waals surface area contributed by atoms with Crippen LogP contribution in [0.2, 0.25) is 0 Å². The number of benzene rings is 6. The van der Waals surface area contributed by atoms with Gasteiger partial charge in [-0.25, -0.2) is 0 Å².